The highest BCUT2D eigenvalue weighted by atomic mass is 15.3. The SMILES string of the molecule is CCN1CCCC1CNc1c(N)c(C(C)C)nn1C. The molecule has 108 valence electrons. The van der Waals surface area contributed by atoms with Crippen LogP contribution in [0.5, 0.6) is 0 Å². The first-order valence-electron chi connectivity index (χ1n) is 7.34. The van der Waals surface area contributed by atoms with Crippen molar-refractivity contribution in [3.8, 4) is 0 Å². The van der Waals surface area contributed by atoms with Crippen LogP contribution in [0, 0.1) is 0 Å². The topological polar surface area (TPSA) is 59.1 Å². The molecule has 5 nitrogen and oxygen atoms in total. The van der Waals surface area contributed by atoms with Crippen molar-refractivity contribution in [1.82, 2.24) is 14.7 Å². The van der Waals surface area contributed by atoms with Gasteiger partial charge in [0.25, 0.3) is 0 Å². The van der Waals surface area contributed by atoms with Gasteiger partial charge in [-0.2, -0.15) is 5.10 Å². The number of hydrogen-bond acceptors (Lipinski definition) is 4. The van der Waals surface area contributed by atoms with Crippen LogP contribution in [-0.4, -0.2) is 40.4 Å². The van der Waals surface area contributed by atoms with Crippen LogP contribution >= 0.6 is 0 Å². The van der Waals surface area contributed by atoms with E-state index in [9.17, 15) is 0 Å². The number of hydrogen-bond donors (Lipinski definition) is 2. The number of likely N-dealkylation sites (tertiary alicyclic amines) is 1. The monoisotopic (exact) mass is 265 g/mol. The highest BCUT2D eigenvalue weighted by Gasteiger charge is 2.23. The molecule has 5 heteroatoms. The smallest absolute Gasteiger partial charge is 0.147 e. The van der Waals surface area contributed by atoms with E-state index in [0.717, 1.165) is 30.3 Å². The van der Waals surface area contributed by atoms with Gasteiger partial charge in [-0.1, -0.05) is 20.8 Å². The Hall–Kier alpha value is -1.23. The third kappa shape index (κ3) is 2.86. The van der Waals surface area contributed by atoms with Gasteiger partial charge in [-0.15, -0.1) is 0 Å². The van der Waals surface area contributed by atoms with E-state index in [0.29, 0.717) is 12.0 Å². The molecule has 0 radical (unpaired) electrons. The molecule has 1 saturated heterocycles. The van der Waals surface area contributed by atoms with Gasteiger partial charge in [-0.05, 0) is 31.8 Å². The van der Waals surface area contributed by atoms with E-state index in [1.165, 1.54) is 19.4 Å². The van der Waals surface area contributed by atoms with E-state index < -0.39 is 0 Å². The maximum atomic E-state index is 6.20. The molecular weight excluding hydrogens is 238 g/mol. The van der Waals surface area contributed by atoms with Crippen molar-refractivity contribution in [2.24, 2.45) is 7.05 Å². The lowest BCUT2D eigenvalue weighted by Crippen LogP contribution is -2.35. The van der Waals surface area contributed by atoms with E-state index in [1.54, 1.807) is 0 Å². The summed E-state index contributed by atoms with van der Waals surface area (Å²) in [5, 5.41) is 8.01. The number of aryl methyl sites for hydroxylation is 1. The van der Waals surface area contributed by atoms with Gasteiger partial charge in [0, 0.05) is 19.6 Å². The lowest BCUT2D eigenvalue weighted by Gasteiger charge is -2.23. The lowest BCUT2D eigenvalue weighted by molar-refractivity contribution is 0.277. The molecule has 0 saturated carbocycles. The van der Waals surface area contributed by atoms with E-state index in [1.807, 2.05) is 11.7 Å². The normalized spacial score (nSPS) is 20.4. The van der Waals surface area contributed by atoms with Crippen LogP contribution in [0.2, 0.25) is 0 Å². The molecule has 1 unspecified atom stereocenters. The predicted molar refractivity (Wildman–Crippen MR) is 80.5 cm³/mol. The Labute approximate surface area is 116 Å². The molecule has 2 heterocycles. The molecule has 1 atom stereocenters. The summed E-state index contributed by atoms with van der Waals surface area (Å²) in [6.45, 7) is 9.78. The first-order valence-corrected chi connectivity index (χ1v) is 7.34. The molecule has 3 N–H and O–H groups in total. The number of rotatable bonds is 5. The molecule has 1 aromatic heterocycles. The zero-order chi connectivity index (χ0) is 14.0. The van der Waals surface area contributed by atoms with Crippen LogP contribution in [0.4, 0.5) is 11.5 Å². The standard InChI is InChI=1S/C14H27N5/c1-5-19-8-6-7-11(19)9-16-14-12(15)13(10(2)3)17-18(14)4/h10-11,16H,5-9,15H2,1-4H3. The fourth-order valence-corrected chi connectivity index (χ4v) is 2.95. The Morgan fingerprint density at radius 1 is 1.47 bits per heavy atom. The van der Waals surface area contributed by atoms with Crippen LogP contribution < -0.4 is 11.1 Å². The van der Waals surface area contributed by atoms with Crippen molar-refractivity contribution >= 4 is 11.5 Å². The molecule has 1 fully saturated rings. The van der Waals surface area contributed by atoms with Crippen LogP contribution in [0.25, 0.3) is 0 Å². The van der Waals surface area contributed by atoms with Crippen molar-refractivity contribution in [2.45, 2.75) is 45.6 Å². The molecule has 0 aliphatic carbocycles. The lowest BCUT2D eigenvalue weighted by atomic mass is 10.1. The van der Waals surface area contributed by atoms with Crippen LogP contribution in [-0.2, 0) is 7.05 Å². The van der Waals surface area contributed by atoms with Gasteiger partial charge in [0.1, 0.15) is 5.82 Å². The number of nitrogens with zero attached hydrogens (tertiary/aromatic N) is 3. The predicted octanol–water partition coefficient (Wildman–Crippen LogP) is 2.02. The fourth-order valence-electron chi connectivity index (χ4n) is 2.95. The Bertz CT molecular complexity index is 424. The molecule has 1 aromatic rings. The number of nitrogen functional groups attached to an aromatic ring is 1. The number of anilines is 2. The van der Waals surface area contributed by atoms with Gasteiger partial charge in [0.2, 0.25) is 0 Å². The second-order valence-electron chi connectivity index (χ2n) is 5.73. The fraction of sp³-hybridized carbons (Fsp3) is 0.786. The molecule has 1 aliphatic rings. The average molecular weight is 265 g/mol. The first-order chi connectivity index (χ1) is 9.04. The van der Waals surface area contributed by atoms with Crippen molar-refractivity contribution in [3.63, 3.8) is 0 Å². The Morgan fingerprint density at radius 3 is 2.79 bits per heavy atom. The number of likely N-dealkylation sites (N-methyl/N-ethyl adjacent to an activating group) is 1. The van der Waals surface area contributed by atoms with Crippen molar-refractivity contribution in [3.05, 3.63) is 5.69 Å². The van der Waals surface area contributed by atoms with Gasteiger partial charge in [0.15, 0.2) is 0 Å². The van der Waals surface area contributed by atoms with Gasteiger partial charge in [-0.25, -0.2) is 0 Å². The molecule has 0 spiro atoms. The zero-order valence-electron chi connectivity index (χ0n) is 12.6. The maximum Gasteiger partial charge on any atom is 0.147 e. The van der Waals surface area contributed by atoms with Crippen molar-refractivity contribution in [1.29, 1.82) is 0 Å². The Kier molecular flexibility index (Phi) is 4.34. The van der Waals surface area contributed by atoms with E-state index in [4.69, 9.17) is 5.73 Å². The summed E-state index contributed by atoms with van der Waals surface area (Å²) in [6, 6.07) is 0.627. The minimum atomic E-state index is 0.361. The first kappa shape index (κ1) is 14.2. The third-order valence-corrected chi connectivity index (χ3v) is 4.07. The van der Waals surface area contributed by atoms with Crippen LogP contribution in [0.3, 0.4) is 0 Å². The van der Waals surface area contributed by atoms with Crippen LogP contribution in [0.1, 0.15) is 45.2 Å². The Morgan fingerprint density at radius 2 is 2.21 bits per heavy atom. The summed E-state index contributed by atoms with van der Waals surface area (Å²) in [6.07, 6.45) is 2.58. The summed E-state index contributed by atoms with van der Waals surface area (Å²) in [7, 11) is 1.96. The quantitative estimate of drug-likeness (QED) is 0.855. The highest BCUT2D eigenvalue weighted by Crippen LogP contribution is 2.28. The largest absolute Gasteiger partial charge is 0.394 e. The van der Waals surface area contributed by atoms with E-state index >= 15 is 0 Å². The van der Waals surface area contributed by atoms with Gasteiger partial charge < -0.3 is 11.1 Å². The minimum absolute atomic E-state index is 0.361. The summed E-state index contributed by atoms with van der Waals surface area (Å²) in [4.78, 5) is 2.53. The minimum Gasteiger partial charge on any atom is -0.394 e. The number of aromatic nitrogens is 2. The summed E-state index contributed by atoms with van der Waals surface area (Å²) in [5.74, 6) is 1.33. The summed E-state index contributed by atoms with van der Waals surface area (Å²) in [5.41, 5.74) is 7.99. The van der Waals surface area contributed by atoms with Gasteiger partial charge in [0.05, 0.1) is 11.4 Å². The van der Waals surface area contributed by atoms with Crippen molar-refractivity contribution in [2.75, 3.05) is 30.7 Å². The second kappa shape index (κ2) is 5.82. The second-order valence-corrected chi connectivity index (χ2v) is 5.73. The molecule has 1 aliphatic heterocycles. The molecule has 0 amide bonds. The average Bonchev–Trinajstić information content (AvgIpc) is 2.92. The van der Waals surface area contributed by atoms with E-state index in [-0.39, 0.29) is 0 Å². The Balaban J connectivity index is 2.03. The van der Waals surface area contributed by atoms with Gasteiger partial charge >= 0.3 is 0 Å². The zero-order valence-corrected chi connectivity index (χ0v) is 12.6. The molecular formula is C14H27N5. The molecule has 0 bridgehead atoms. The number of nitrogens with one attached hydrogen (secondary N) is 1. The third-order valence-electron chi connectivity index (χ3n) is 4.07. The maximum absolute atomic E-state index is 6.20. The summed E-state index contributed by atoms with van der Waals surface area (Å²) >= 11 is 0. The van der Waals surface area contributed by atoms with Crippen molar-refractivity contribution < 1.29 is 0 Å². The summed E-state index contributed by atoms with van der Waals surface area (Å²) < 4.78 is 1.87. The number of nitrogens with two attached hydrogens (primary N) is 1. The molecule has 19 heavy (non-hydrogen) atoms. The molecule has 0 aromatic carbocycles. The van der Waals surface area contributed by atoms with Crippen LogP contribution in [0.15, 0.2) is 0 Å². The molecule has 2 rings (SSSR count). The highest BCUT2D eigenvalue weighted by molar-refractivity contribution is 5.65. The van der Waals surface area contributed by atoms with E-state index in [2.05, 4.69) is 36.1 Å². The van der Waals surface area contributed by atoms with Gasteiger partial charge in [-0.3, -0.25) is 9.58 Å².